The average Bonchev–Trinajstić information content (AvgIpc) is 3.11. The molecule has 6 nitrogen and oxygen atoms in total. The molecule has 0 saturated carbocycles. The summed E-state index contributed by atoms with van der Waals surface area (Å²) in [4.78, 5) is 24.3. The zero-order valence-corrected chi connectivity index (χ0v) is 21.1. The van der Waals surface area contributed by atoms with E-state index in [1.165, 1.54) is 40.5 Å². The third kappa shape index (κ3) is 6.05. The van der Waals surface area contributed by atoms with Crippen LogP contribution in [-0.2, 0) is 27.8 Å². The van der Waals surface area contributed by atoms with E-state index in [0.29, 0.717) is 25.7 Å². The van der Waals surface area contributed by atoms with Gasteiger partial charge in [-0.2, -0.15) is 0 Å². The number of benzene rings is 1. The van der Waals surface area contributed by atoms with Gasteiger partial charge in [0.2, 0.25) is 0 Å². The van der Waals surface area contributed by atoms with E-state index in [4.69, 9.17) is 4.74 Å². The van der Waals surface area contributed by atoms with Gasteiger partial charge in [0.05, 0.1) is 18.5 Å². The van der Waals surface area contributed by atoms with Crippen molar-refractivity contribution in [1.29, 1.82) is 0 Å². The minimum absolute atomic E-state index is 0.115. The van der Waals surface area contributed by atoms with Gasteiger partial charge < -0.3 is 4.74 Å². The van der Waals surface area contributed by atoms with E-state index in [9.17, 15) is 9.59 Å². The molecular formula is C26H39N3O3. The van der Waals surface area contributed by atoms with Gasteiger partial charge in [0.25, 0.3) is 0 Å². The monoisotopic (exact) mass is 441 g/mol. The molecule has 0 N–H and O–H groups in total. The fourth-order valence-corrected chi connectivity index (χ4v) is 4.49. The quantitative estimate of drug-likeness (QED) is 0.455. The van der Waals surface area contributed by atoms with Gasteiger partial charge >= 0.3 is 5.97 Å². The Morgan fingerprint density at radius 3 is 2.00 bits per heavy atom. The van der Waals surface area contributed by atoms with Crippen LogP contribution in [0, 0.1) is 41.5 Å². The largest absolute Gasteiger partial charge is 0.469 e. The summed E-state index contributed by atoms with van der Waals surface area (Å²) in [6.45, 7) is 12.9. The minimum Gasteiger partial charge on any atom is -0.469 e. The zero-order valence-electron chi connectivity index (χ0n) is 21.1. The van der Waals surface area contributed by atoms with Gasteiger partial charge in [-0.1, -0.05) is 5.21 Å². The van der Waals surface area contributed by atoms with Crippen molar-refractivity contribution in [2.24, 2.45) is 7.05 Å². The maximum Gasteiger partial charge on any atom is 0.305 e. The molecule has 0 amide bonds. The predicted octanol–water partition coefficient (Wildman–Crippen LogP) is 5.07. The second kappa shape index (κ2) is 11.4. The topological polar surface area (TPSA) is 74.1 Å². The number of aromatic nitrogens is 3. The summed E-state index contributed by atoms with van der Waals surface area (Å²) in [5.41, 5.74) is 9.91. The van der Waals surface area contributed by atoms with Crippen LogP contribution in [0.1, 0.15) is 89.2 Å². The number of carbonyl (C=O) groups excluding carboxylic acids is 2. The van der Waals surface area contributed by atoms with E-state index in [1.54, 1.807) is 4.68 Å². The lowest BCUT2D eigenvalue weighted by molar-refractivity contribution is -0.140. The molecule has 2 rings (SSSR count). The molecule has 0 fully saturated rings. The second-order valence-corrected chi connectivity index (χ2v) is 9.03. The van der Waals surface area contributed by atoms with E-state index in [2.05, 4.69) is 44.9 Å². The van der Waals surface area contributed by atoms with Crippen LogP contribution in [0.2, 0.25) is 0 Å². The Hall–Kier alpha value is -2.50. The normalized spacial score (nSPS) is 12.1. The summed E-state index contributed by atoms with van der Waals surface area (Å²) >= 11 is 0. The summed E-state index contributed by atoms with van der Waals surface area (Å²) in [6, 6.07) is 0. The number of esters is 1. The molecule has 32 heavy (non-hydrogen) atoms. The number of rotatable bonds is 11. The van der Waals surface area contributed by atoms with Gasteiger partial charge in [0, 0.05) is 32.2 Å². The molecule has 6 heteroatoms. The van der Waals surface area contributed by atoms with Gasteiger partial charge in [-0.25, -0.2) is 0 Å². The first-order valence-electron chi connectivity index (χ1n) is 11.6. The lowest BCUT2D eigenvalue weighted by atomic mass is 9.86. The van der Waals surface area contributed by atoms with Crippen LogP contribution >= 0.6 is 0 Å². The summed E-state index contributed by atoms with van der Waals surface area (Å²) in [5, 5.41) is 8.47. The fourth-order valence-electron chi connectivity index (χ4n) is 4.49. The van der Waals surface area contributed by atoms with Crippen LogP contribution in [0.3, 0.4) is 0 Å². The number of hydrogen-bond donors (Lipinski definition) is 0. The molecule has 1 heterocycles. The molecule has 0 spiro atoms. The molecule has 1 aromatic heterocycles. The smallest absolute Gasteiger partial charge is 0.305 e. The Bertz CT molecular complexity index is 946. The first kappa shape index (κ1) is 25.8. The Morgan fingerprint density at radius 2 is 1.47 bits per heavy atom. The molecule has 0 aliphatic carbocycles. The Labute approximate surface area is 192 Å². The van der Waals surface area contributed by atoms with Crippen molar-refractivity contribution in [2.75, 3.05) is 7.11 Å². The average molecular weight is 442 g/mol. The Kier molecular flexibility index (Phi) is 9.17. The molecule has 0 radical (unpaired) electrons. The number of hydrogen-bond acceptors (Lipinski definition) is 5. The highest BCUT2D eigenvalue weighted by atomic mass is 16.5. The number of carbonyl (C=O) groups is 2. The van der Waals surface area contributed by atoms with Crippen LogP contribution in [-0.4, -0.2) is 33.9 Å². The van der Waals surface area contributed by atoms with E-state index >= 15 is 0 Å². The highest BCUT2D eigenvalue weighted by Gasteiger charge is 2.21. The van der Waals surface area contributed by atoms with Crippen molar-refractivity contribution in [3.8, 4) is 0 Å². The molecule has 1 unspecified atom stereocenters. The fraction of sp³-hybridized carbons (Fsp3) is 0.615. The van der Waals surface area contributed by atoms with Gasteiger partial charge in [0.1, 0.15) is 5.78 Å². The maximum absolute atomic E-state index is 12.8. The number of Topliss-reactive ketones (excluding diaryl/α,β-unsaturated/α-hetero) is 1. The minimum atomic E-state index is -0.204. The number of ketones is 1. The Balaban J connectivity index is 2.02. The molecule has 0 saturated heterocycles. The van der Waals surface area contributed by atoms with Gasteiger partial charge in [-0.3, -0.25) is 14.3 Å². The van der Waals surface area contributed by atoms with Crippen molar-refractivity contribution in [3.05, 3.63) is 44.8 Å². The van der Waals surface area contributed by atoms with Gasteiger partial charge in [0.15, 0.2) is 0 Å². The van der Waals surface area contributed by atoms with Crippen molar-refractivity contribution in [1.82, 2.24) is 15.0 Å². The third-order valence-corrected chi connectivity index (χ3v) is 7.27. The van der Waals surface area contributed by atoms with Crippen molar-refractivity contribution in [3.63, 3.8) is 0 Å². The van der Waals surface area contributed by atoms with E-state index < -0.39 is 0 Å². The van der Waals surface area contributed by atoms with Crippen LogP contribution in [0.4, 0.5) is 0 Å². The SMILES string of the molecule is COC(=O)CCCC(CCC(=O)CCc1c(C)c(C)c(C)c(C)c1C)c1nnn(C)c1C. The van der Waals surface area contributed by atoms with E-state index in [1.807, 2.05) is 14.0 Å². The van der Waals surface area contributed by atoms with Crippen molar-refractivity contribution in [2.45, 2.75) is 92.4 Å². The third-order valence-electron chi connectivity index (χ3n) is 7.27. The molecule has 1 aromatic carbocycles. The molecule has 1 atom stereocenters. The number of aryl methyl sites for hydroxylation is 1. The maximum atomic E-state index is 12.8. The molecule has 176 valence electrons. The number of ether oxygens (including phenoxy) is 1. The zero-order chi connectivity index (χ0) is 24.0. The lowest BCUT2D eigenvalue weighted by Gasteiger charge is -2.19. The standard InChI is InChI=1S/C26H39N3O3/c1-16-17(2)19(4)24(20(5)18(16)3)15-14-23(30)13-12-22(10-9-11-25(31)32-8)26-21(6)29(7)28-27-26/h22H,9-15H2,1-8H3. The predicted molar refractivity (Wildman–Crippen MR) is 127 cm³/mol. The van der Waals surface area contributed by atoms with E-state index in [0.717, 1.165) is 30.7 Å². The van der Waals surface area contributed by atoms with Crippen molar-refractivity contribution >= 4 is 11.8 Å². The van der Waals surface area contributed by atoms with E-state index in [-0.39, 0.29) is 17.7 Å². The molecule has 0 bridgehead atoms. The first-order valence-corrected chi connectivity index (χ1v) is 11.6. The van der Waals surface area contributed by atoms with Crippen molar-refractivity contribution < 1.29 is 14.3 Å². The number of nitrogens with zero attached hydrogens (tertiary/aromatic N) is 3. The summed E-state index contributed by atoms with van der Waals surface area (Å²) in [5.74, 6) is 0.189. The molecule has 0 aliphatic rings. The van der Waals surface area contributed by atoms with Crippen LogP contribution in [0.5, 0.6) is 0 Å². The number of methoxy groups -OCH3 is 1. The van der Waals surface area contributed by atoms with Crippen LogP contribution < -0.4 is 0 Å². The van der Waals surface area contributed by atoms with Crippen LogP contribution in [0.25, 0.3) is 0 Å². The van der Waals surface area contributed by atoms with Crippen LogP contribution in [0.15, 0.2) is 0 Å². The molecule has 2 aromatic rings. The summed E-state index contributed by atoms with van der Waals surface area (Å²) < 4.78 is 6.52. The lowest BCUT2D eigenvalue weighted by Crippen LogP contribution is -2.10. The Morgan fingerprint density at radius 1 is 0.875 bits per heavy atom. The first-order chi connectivity index (χ1) is 15.1. The summed E-state index contributed by atoms with van der Waals surface area (Å²) in [7, 11) is 3.28. The summed E-state index contributed by atoms with van der Waals surface area (Å²) in [6.07, 6.45) is 4.46. The molecule has 0 aliphatic heterocycles. The highest BCUT2D eigenvalue weighted by Crippen LogP contribution is 2.29. The highest BCUT2D eigenvalue weighted by molar-refractivity contribution is 5.78. The van der Waals surface area contributed by atoms with Gasteiger partial charge in [-0.15, -0.1) is 5.10 Å². The van der Waals surface area contributed by atoms with Gasteiger partial charge in [-0.05, 0) is 101 Å². The second-order valence-electron chi connectivity index (χ2n) is 9.03. The molecular weight excluding hydrogens is 402 g/mol.